The van der Waals surface area contributed by atoms with Crippen LogP contribution in [-0.4, -0.2) is 466 Å². The Morgan fingerprint density at radius 2 is 0.500 bits per heavy atom. The van der Waals surface area contributed by atoms with Gasteiger partial charge in [-0.1, -0.05) is 24.3 Å². The van der Waals surface area contributed by atoms with Gasteiger partial charge in [0, 0.05) is 22.3 Å². The molecule has 13 aliphatic heterocycles. The maximum absolute atomic E-state index is 15.9. The first-order chi connectivity index (χ1) is 49.9. The third kappa shape index (κ3) is 12.3. The maximum atomic E-state index is 15.9. The van der Waals surface area contributed by atoms with Gasteiger partial charge in [0.05, 0.1) is 75.6 Å². The first kappa shape index (κ1) is 83.4. The molecule has 13 aliphatic rings. The van der Waals surface area contributed by atoms with Crippen molar-refractivity contribution in [2.24, 2.45) is 0 Å². The molecule has 4 N–H and O–H groups in total. The molecule has 110 heavy (non-hydrogen) atoms. The monoisotopic (exact) mass is 1710 g/mol. The second-order valence-electron chi connectivity index (χ2n) is 29.0. The summed E-state index contributed by atoms with van der Waals surface area (Å²) in [5.41, 5.74) is -5.49. The van der Waals surface area contributed by atoms with Crippen molar-refractivity contribution in [1.82, 2.24) is 78.4 Å². The summed E-state index contributed by atoms with van der Waals surface area (Å²) < 4.78 is 158. The van der Waals surface area contributed by atoms with Crippen molar-refractivity contribution < 1.29 is 109 Å². The van der Waals surface area contributed by atoms with Crippen LogP contribution in [0.4, 0.5) is 38.4 Å². The molecule has 48 heteroatoms. The maximum Gasteiger partial charge on any atom is 2.00 e. The number of hydrogen-bond donors (Lipinski definition) is 4. The molecule has 0 unspecified atom stereocenters. The molecule has 4 aromatic rings. The van der Waals surface area contributed by atoms with Crippen molar-refractivity contribution in [2.75, 3.05) is 89.5 Å². The number of hydrogen-bond acceptors (Lipinski definition) is 20. The molecule has 11 fully saturated rings. The van der Waals surface area contributed by atoms with E-state index in [4.69, 9.17) is 18.9 Å². The second-order valence-corrected chi connectivity index (χ2v) is 35.3. The van der Waals surface area contributed by atoms with Gasteiger partial charge in [-0.2, -0.15) is 33.7 Å². The number of amides is 16. The normalized spacial score (nSPS) is 27.3. The summed E-state index contributed by atoms with van der Waals surface area (Å²) in [4.78, 5) is 149. The van der Waals surface area contributed by atoms with Crippen LogP contribution in [0.1, 0.15) is 75.6 Å². The molecule has 0 bridgehead atoms. The van der Waals surface area contributed by atoms with Gasteiger partial charge in [-0.25, -0.2) is 38.4 Å². The van der Waals surface area contributed by atoms with E-state index in [2.05, 4.69) is 0 Å². The van der Waals surface area contributed by atoms with Crippen molar-refractivity contribution in [2.45, 2.75) is 127 Å². The van der Waals surface area contributed by atoms with Gasteiger partial charge >= 0.3 is 199 Å². The third-order valence-corrected chi connectivity index (χ3v) is 27.0. The van der Waals surface area contributed by atoms with Crippen LogP contribution < -0.4 is 18.9 Å². The molecular weight excluding hydrogens is 1640 g/mol. The van der Waals surface area contributed by atoms with Gasteiger partial charge in [-0.05, 0) is 99.2 Å². The van der Waals surface area contributed by atoms with Crippen LogP contribution in [0, 0.1) is 0 Å². The van der Waals surface area contributed by atoms with E-state index in [1.165, 1.54) is 78.4 Å². The summed E-state index contributed by atoms with van der Waals surface area (Å²) >= 11 is 0. The Labute approximate surface area is 749 Å². The van der Waals surface area contributed by atoms with Crippen molar-refractivity contribution in [3.8, 4) is 23.0 Å². The van der Waals surface area contributed by atoms with Crippen LogP contribution in [0.3, 0.4) is 0 Å². The average molecular weight is 1710 g/mol. The van der Waals surface area contributed by atoms with Gasteiger partial charge in [0.2, 0.25) is 0 Å². The Kier molecular flexibility index (Phi) is 21.7. The van der Waals surface area contributed by atoms with Crippen molar-refractivity contribution in [1.29, 1.82) is 0 Å². The molecule has 0 spiro atoms. The summed E-state index contributed by atoms with van der Waals surface area (Å²) in [7, 11) is -17.6. The molecule has 4 aromatic carbocycles. The molecule has 568 valence electrons. The quantitative estimate of drug-likeness (QED) is 0.0537. The van der Waals surface area contributed by atoms with Crippen LogP contribution >= 0.6 is 0 Å². The molecule has 16 amide bonds. The Balaban J connectivity index is 0.00000266. The standard InChI is InChI=1S/C62H72N16O24S4.4Ca/c1-59-61(3)75-31-67-49-47-63(51(67)79)29-65-48-50-69(53(65)81)33-77-57(85)73-27-39-43(101-19-7-23-105(93,94)95)15-11-36-12-16-44(102-20-8-24-106(96,97)98)40(46(36)39)28-74-58(86)78(62(77,4)60(73,74)2)34-70(50)54(82)66(48)30-64(47)52(80)68(49)32-76(61)56(84)72(59)26-38-42(100-18-6-22-104(90,91)92)14-10-35-9-13-41(99-17-5-21-103(87,88)89)37(45(35)38)25-71(59)55(75)83;;;;/h9-16,47-50H,5-8,17-34H2,1-4H3,(H,87,88,89)(H,90,91,92)(H,93,94,95)(H,96,97,98);;;;/q;4*+2. The van der Waals surface area contributed by atoms with E-state index >= 15 is 38.4 Å². The molecule has 17 rings (SSSR count). The van der Waals surface area contributed by atoms with Gasteiger partial charge in [0.15, 0.2) is 47.3 Å². The van der Waals surface area contributed by atoms with Crippen molar-refractivity contribution >= 4 is 261 Å². The first-order valence-electron chi connectivity index (χ1n) is 34.0. The van der Waals surface area contributed by atoms with E-state index in [-0.39, 0.29) is 252 Å². The van der Waals surface area contributed by atoms with Crippen LogP contribution in [0.25, 0.3) is 21.5 Å². The minimum absolute atomic E-state index is 0. The minimum Gasteiger partial charge on any atom is -0.493 e. The largest absolute Gasteiger partial charge is 2.00 e. The van der Waals surface area contributed by atoms with Crippen LogP contribution in [-0.2, 0) is 66.7 Å². The molecule has 40 nitrogen and oxygen atoms in total. The number of carbonyl (C=O) groups excluding carboxylic acids is 8. The summed E-state index contributed by atoms with van der Waals surface area (Å²) in [5, 5.41) is 2.05. The predicted octanol–water partition coefficient (Wildman–Crippen LogP) is 0.680. The van der Waals surface area contributed by atoms with Gasteiger partial charge in [-0.15, -0.1) is 0 Å². The van der Waals surface area contributed by atoms with E-state index in [9.17, 15) is 51.9 Å². The van der Waals surface area contributed by atoms with E-state index in [1.807, 2.05) is 0 Å². The Bertz CT molecular complexity index is 4570. The van der Waals surface area contributed by atoms with E-state index < -0.39 is 199 Å². The summed E-state index contributed by atoms with van der Waals surface area (Å²) in [6.45, 7) is 0.968. The fraction of sp³-hybridized carbons (Fsp3) is 0.548. The molecule has 13 heterocycles. The SMILES string of the molecule is CC12N3Cc4c(OCCCS(=O)(=O)O)ccc5ccc(OCCCS(=O)(=O)O)c(c45)CN1C(=O)N1CN4C(=O)N5CN6C(=O)N7CN8C(=O)N9Cc%10c(OCCCS(=O)(=O)O)ccc%11ccc(OCCCS(=O)(=O)O)c(c%10%11)CN%10C(=O)N(CN%11C(=O)N(CN%12C(=O)N(CN(C3=O)C12C)C4C%125)C6C%117)C8(C)C%109C.[Ca+2].[Ca+2].[Ca+2].[Ca+2]. The van der Waals surface area contributed by atoms with Crippen molar-refractivity contribution in [3.05, 3.63) is 70.8 Å². The van der Waals surface area contributed by atoms with Gasteiger partial charge in [0.25, 0.3) is 40.5 Å². The number of urea groups is 8. The molecule has 0 aliphatic carbocycles. The molecular formula is C62H72Ca4N16O24S4+8. The summed E-state index contributed by atoms with van der Waals surface area (Å²) in [5.74, 6) is -1.80. The van der Waals surface area contributed by atoms with E-state index in [0.29, 0.717) is 43.8 Å². The first-order valence-corrected chi connectivity index (χ1v) is 40.5. The molecule has 0 radical (unpaired) electrons. The van der Waals surface area contributed by atoms with Gasteiger partial charge < -0.3 is 18.9 Å². The van der Waals surface area contributed by atoms with Crippen LogP contribution in [0.5, 0.6) is 23.0 Å². The number of rotatable bonds is 20. The van der Waals surface area contributed by atoms with Crippen molar-refractivity contribution in [3.63, 3.8) is 0 Å². The number of carbonyl (C=O) groups is 8. The fourth-order valence-corrected chi connectivity index (χ4v) is 20.5. The topological polar surface area (TPSA) is 443 Å². The summed E-state index contributed by atoms with van der Waals surface area (Å²) in [6, 6.07) is 7.49. The van der Waals surface area contributed by atoms with E-state index in [0.717, 1.165) is 0 Å². The zero-order valence-electron chi connectivity index (χ0n) is 60.1. The number of ether oxygens (including phenoxy) is 4. The summed E-state index contributed by atoms with van der Waals surface area (Å²) in [6.07, 6.45) is -5.86. The van der Waals surface area contributed by atoms with Crippen LogP contribution in [0.15, 0.2) is 48.5 Å². The molecule has 11 saturated heterocycles. The molecule has 0 atom stereocenters. The minimum atomic E-state index is -4.40. The number of benzene rings is 4. The third-order valence-electron chi connectivity index (χ3n) is 23.8. The predicted molar refractivity (Wildman–Crippen MR) is 382 cm³/mol. The zero-order chi connectivity index (χ0) is 75.1. The Morgan fingerprint density at radius 3 is 0.700 bits per heavy atom. The Morgan fingerprint density at radius 1 is 0.309 bits per heavy atom. The fourth-order valence-electron chi connectivity index (χ4n) is 18.6. The zero-order valence-corrected chi connectivity index (χ0v) is 72.2. The van der Waals surface area contributed by atoms with E-state index in [1.54, 1.807) is 76.2 Å². The average Bonchev–Trinajstić information content (AvgIpc) is 1.49. The smallest absolute Gasteiger partial charge is 0.493 e. The molecule has 0 saturated carbocycles. The Hall–Kier alpha value is -4.56. The van der Waals surface area contributed by atoms with Gasteiger partial charge in [-0.3, -0.25) is 96.6 Å². The molecule has 0 aromatic heterocycles. The second kappa shape index (κ2) is 28.7. The number of nitrogens with zero attached hydrogens (tertiary/aromatic N) is 16. The van der Waals surface area contributed by atoms with Crippen LogP contribution in [0.2, 0.25) is 0 Å². The van der Waals surface area contributed by atoms with Gasteiger partial charge in [0.1, 0.15) is 63.0 Å².